The molecule has 0 N–H and O–H groups in total. The highest BCUT2D eigenvalue weighted by Gasteiger charge is 2.28. The number of aromatic nitrogens is 3. The number of hydrogen-bond donors (Lipinski definition) is 0. The SMILES string of the molecule is Cc1cccc(N2CCC[C@H](N(C)C(=O)c3ccnn3C)C2)n1. The zero-order valence-corrected chi connectivity index (χ0v) is 13.9. The largest absolute Gasteiger partial charge is 0.355 e. The van der Waals surface area contributed by atoms with Crippen LogP contribution in [0.5, 0.6) is 0 Å². The Labute approximate surface area is 136 Å². The van der Waals surface area contributed by atoms with Crippen LogP contribution in [0.2, 0.25) is 0 Å². The number of carbonyl (C=O) groups is 1. The summed E-state index contributed by atoms with van der Waals surface area (Å²) in [5.41, 5.74) is 1.64. The minimum absolute atomic E-state index is 0.0223. The number of piperidine rings is 1. The lowest BCUT2D eigenvalue weighted by Gasteiger charge is -2.38. The molecule has 1 amide bonds. The third-order valence-corrected chi connectivity index (χ3v) is 4.50. The number of pyridine rings is 1. The van der Waals surface area contributed by atoms with Crippen molar-refractivity contribution >= 4 is 11.7 Å². The number of rotatable bonds is 3. The second-order valence-corrected chi connectivity index (χ2v) is 6.14. The first-order valence-corrected chi connectivity index (χ1v) is 8.00. The number of amides is 1. The highest BCUT2D eigenvalue weighted by molar-refractivity contribution is 5.92. The van der Waals surface area contributed by atoms with Crippen LogP contribution < -0.4 is 4.90 Å². The fraction of sp³-hybridized carbons (Fsp3) is 0.471. The molecule has 3 heterocycles. The zero-order valence-electron chi connectivity index (χ0n) is 13.9. The van der Waals surface area contributed by atoms with E-state index in [4.69, 9.17) is 0 Å². The summed E-state index contributed by atoms with van der Waals surface area (Å²) in [5.74, 6) is 1.02. The van der Waals surface area contributed by atoms with E-state index in [2.05, 4.69) is 15.0 Å². The molecular formula is C17H23N5O. The Morgan fingerprint density at radius 3 is 2.87 bits per heavy atom. The molecule has 1 fully saturated rings. The molecule has 1 saturated heterocycles. The minimum Gasteiger partial charge on any atom is -0.355 e. The van der Waals surface area contributed by atoms with E-state index in [-0.39, 0.29) is 11.9 Å². The van der Waals surface area contributed by atoms with E-state index in [9.17, 15) is 4.79 Å². The summed E-state index contributed by atoms with van der Waals surface area (Å²) in [7, 11) is 3.68. The second-order valence-electron chi connectivity index (χ2n) is 6.14. The van der Waals surface area contributed by atoms with E-state index in [0.29, 0.717) is 5.69 Å². The van der Waals surface area contributed by atoms with Gasteiger partial charge in [-0.25, -0.2) is 4.98 Å². The van der Waals surface area contributed by atoms with E-state index in [1.165, 1.54) is 0 Å². The third-order valence-electron chi connectivity index (χ3n) is 4.50. The first-order valence-electron chi connectivity index (χ1n) is 8.00. The van der Waals surface area contributed by atoms with Gasteiger partial charge in [0.1, 0.15) is 11.5 Å². The maximum absolute atomic E-state index is 12.7. The number of nitrogens with zero attached hydrogens (tertiary/aromatic N) is 5. The van der Waals surface area contributed by atoms with Crippen LogP contribution in [0.3, 0.4) is 0 Å². The maximum Gasteiger partial charge on any atom is 0.272 e. The molecule has 1 aliphatic heterocycles. The summed E-state index contributed by atoms with van der Waals surface area (Å²) in [6, 6.07) is 8.03. The molecule has 23 heavy (non-hydrogen) atoms. The molecule has 0 radical (unpaired) electrons. The van der Waals surface area contributed by atoms with Gasteiger partial charge in [0, 0.05) is 45.1 Å². The predicted molar refractivity (Wildman–Crippen MR) is 89.5 cm³/mol. The van der Waals surface area contributed by atoms with E-state index in [1.54, 1.807) is 24.0 Å². The van der Waals surface area contributed by atoms with Crippen LogP contribution in [0.4, 0.5) is 5.82 Å². The average molecular weight is 313 g/mol. The van der Waals surface area contributed by atoms with Gasteiger partial charge in [0.15, 0.2) is 0 Å². The number of aryl methyl sites for hydroxylation is 2. The van der Waals surface area contributed by atoms with E-state index < -0.39 is 0 Å². The minimum atomic E-state index is 0.0223. The van der Waals surface area contributed by atoms with E-state index in [1.807, 2.05) is 37.1 Å². The van der Waals surface area contributed by atoms with Crippen LogP contribution >= 0.6 is 0 Å². The molecule has 0 unspecified atom stereocenters. The quantitative estimate of drug-likeness (QED) is 0.868. The van der Waals surface area contributed by atoms with Gasteiger partial charge in [-0.1, -0.05) is 6.07 Å². The van der Waals surface area contributed by atoms with Crippen molar-refractivity contribution in [2.45, 2.75) is 25.8 Å². The first-order chi connectivity index (χ1) is 11.1. The fourth-order valence-electron chi connectivity index (χ4n) is 3.11. The van der Waals surface area contributed by atoms with Crippen LogP contribution in [-0.4, -0.2) is 51.8 Å². The molecule has 2 aromatic rings. The Morgan fingerprint density at radius 2 is 2.17 bits per heavy atom. The van der Waals surface area contributed by atoms with E-state index in [0.717, 1.165) is 37.4 Å². The number of carbonyl (C=O) groups excluding carboxylic acids is 1. The molecule has 0 saturated carbocycles. The van der Waals surface area contributed by atoms with Crippen molar-refractivity contribution in [1.29, 1.82) is 0 Å². The van der Waals surface area contributed by atoms with Gasteiger partial charge in [0.25, 0.3) is 5.91 Å². The summed E-state index contributed by atoms with van der Waals surface area (Å²) in [6.07, 6.45) is 3.73. The van der Waals surface area contributed by atoms with Crippen LogP contribution in [0.15, 0.2) is 30.5 Å². The van der Waals surface area contributed by atoms with Gasteiger partial charge in [-0.3, -0.25) is 9.48 Å². The molecule has 6 heteroatoms. The Kier molecular flexibility index (Phi) is 4.32. The molecular weight excluding hydrogens is 290 g/mol. The Balaban J connectivity index is 1.73. The summed E-state index contributed by atoms with van der Waals surface area (Å²) < 4.78 is 1.63. The van der Waals surface area contributed by atoms with Crippen molar-refractivity contribution in [2.75, 3.05) is 25.0 Å². The van der Waals surface area contributed by atoms with Crippen molar-refractivity contribution in [3.8, 4) is 0 Å². The van der Waals surface area contributed by atoms with E-state index >= 15 is 0 Å². The standard InChI is InChI=1S/C17H23N5O/c1-13-6-4-8-16(19-13)22-11-5-7-14(12-22)20(2)17(23)15-9-10-18-21(15)3/h4,6,8-10,14H,5,7,11-12H2,1-3H3/t14-/m0/s1. The summed E-state index contributed by atoms with van der Waals surface area (Å²) >= 11 is 0. The molecule has 1 atom stereocenters. The van der Waals surface area contributed by atoms with Crippen LogP contribution in [0.25, 0.3) is 0 Å². The Bertz CT molecular complexity index is 696. The lowest BCUT2D eigenvalue weighted by molar-refractivity contribution is 0.0706. The molecule has 1 aliphatic rings. The summed E-state index contributed by atoms with van der Waals surface area (Å²) in [5, 5.41) is 4.09. The Hall–Kier alpha value is -2.37. The van der Waals surface area contributed by atoms with Crippen molar-refractivity contribution in [1.82, 2.24) is 19.7 Å². The molecule has 0 aromatic carbocycles. The highest BCUT2D eigenvalue weighted by Crippen LogP contribution is 2.21. The van der Waals surface area contributed by atoms with Gasteiger partial charge in [0.05, 0.1) is 0 Å². The maximum atomic E-state index is 12.7. The van der Waals surface area contributed by atoms with Crippen LogP contribution in [-0.2, 0) is 7.05 Å². The van der Waals surface area contributed by atoms with Gasteiger partial charge < -0.3 is 9.80 Å². The predicted octanol–water partition coefficient (Wildman–Crippen LogP) is 1.86. The Morgan fingerprint density at radius 1 is 1.35 bits per heavy atom. The van der Waals surface area contributed by atoms with Crippen molar-refractivity contribution in [3.05, 3.63) is 41.9 Å². The summed E-state index contributed by atoms with van der Waals surface area (Å²) in [4.78, 5) is 21.4. The third kappa shape index (κ3) is 3.21. The molecule has 6 nitrogen and oxygen atoms in total. The lowest BCUT2D eigenvalue weighted by atomic mass is 10.0. The monoisotopic (exact) mass is 313 g/mol. The smallest absolute Gasteiger partial charge is 0.272 e. The summed E-state index contributed by atoms with van der Waals surface area (Å²) in [6.45, 7) is 3.81. The first kappa shape index (κ1) is 15.5. The molecule has 0 spiro atoms. The molecule has 2 aromatic heterocycles. The molecule has 0 aliphatic carbocycles. The average Bonchev–Trinajstić information content (AvgIpc) is 2.99. The molecule has 0 bridgehead atoms. The van der Waals surface area contributed by atoms with Gasteiger partial charge >= 0.3 is 0 Å². The van der Waals surface area contributed by atoms with Crippen molar-refractivity contribution in [2.24, 2.45) is 7.05 Å². The lowest BCUT2D eigenvalue weighted by Crippen LogP contribution is -2.49. The number of hydrogen-bond acceptors (Lipinski definition) is 4. The van der Waals surface area contributed by atoms with Gasteiger partial charge in [-0.15, -0.1) is 0 Å². The highest BCUT2D eigenvalue weighted by atomic mass is 16.2. The number of likely N-dealkylation sites (N-methyl/N-ethyl adjacent to an activating group) is 1. The number of anilines is 1. The fourth-order valence-corrected chi connectivity index (χ4v) is 3.11. The second kappa shape index (κ2) is 6.40. The van der Waals surface area contributed by atoms with Crippen LogP contribution in [0.1, 0.15) is 29.0 Å². The van der Waals surface area contributed by atoms with Crippen LogP contribution in [0, 0.1) is 6.92 Å². The van der Waals surface area contributed by atoms with Gasteiger partial charge in [0.2, 0.25) is 0 Å². The normalized spacial score (nSPS) is 18.0. The molecule has 122 valence electrons. The molecule has 3 rings (SSSR count). The van der Waals surface area contributed by atoms with Gasteiger partial charge in [-0.2, -0.15) is 5.10 Å². The van der Waals surface area contributed by atoms with Gasteiger partial charge in [-0.05, 0) is 38.0 Å². The van der Waals surface area contributed by atoms with Crippen molar-refractivity contribution in [3.63, 3.8) is 0 Å². The zero-order chi connectivity index (χ0) is 16.4. The topological polar surface area (TPSA) is 54.3 Å². The van der Waals surface area contributed by atoms with Crippen molar-refractivity contribution < 1.29 is 4.79 Å².